The number of hydrogen-bond acceptors (Lipinski definition) is 5. The summed E-state index contributed by atoms with van der Waals surface area (Å²) in [6.07, 6.45) is 0. The maximum atomic E-state index is 13.1. The standard InChI is InChI=1S/C26H23NO5/c1-3-32-20-14-12-17(13-15-20)24(28)22-23(18-8-7-11-21(16-18)31-2)27(26(30)25(22)29)19-9-5-4-6-10-19/h4-16,23,28H,3H2,1-2H3/b24-22-. The van der Waals surface area contributed by atoms with Gasteiger partial charge in [-0.25, -0.2) is 0 Å². The Kier molecular flexibility index (Phi) is 5.94. The Morgan fingerprint density at radius 1 is 0.938 bits per heavy atom. The number of Topliss-reactive ketones (excluding diaryl/α,β-unsaturated/α-hetero) is 1. The lowest BCUT2D eigenvalue weighted by Crippen LogP contribution is -2.29. The van der Waals surface area contributed by atoms with E-state index in [1.165, 1.54) is 4.90 Å². The fourth-order valence-electron chi connectivity index (χ4n) is 3.85. The number of ether oxygens (including phenoxy) is 2. The molecule has 3 aromatic rings. The van der Waals surface area contributed by atoms with Crippen molar-refractivity contribution in [2.75, 3.05) is 18.6 Å². The van der Waals surface area contributed by atoms with Crippen molar-refractivity contribution in [2.24, 2.45) is 0 Å². The molecule has 0 aromatic heterocycles. The SMILES string of the molecule is CCOc1ccc(/C(O)=C2/C(=O)C(=O)N(c3ccccc3)C2c2cccc(OC)c2)cc1. The maximum absolute atomic E-state index is 13.1. The van der Waals surface area contributed by atoms with Crippen LogP contribution < -0.4 is 14.4 Å². The van der Waals surface area contributed by atoms with Crippen LogP contribution in [0.5, 0.6) is 11.5 Å². The van der Waals surface area contributed by atoms with E-state index in [1.54, 1.807) is 79.9 Å². The van der Waals surface area contributed by atoms with Gasteiger partial charge in [-0.3, -0.25) is 14.5 Å². The van der Waals surface area contributed by atoms with Gasteiger partial charge >= 0.3 is 0 Å². The fraction of sp³-hybridized carbons (Fsp3) is 0.154. The second-order valence-electron chi connectivity index (χ2n) is 7.24. The van der Waals surface area contributed by atoms with Crippen molar-refractivity contribution in [3.63, 3.8) is 0 Å². The Bertz CT molecular complexity index is 1170. The van der Waals surface area contributed by atoms with Crippen LogP contribution in [0.25, 0.3) is 5.76 Å². The molecule has 1 saturated heterocycles. The number of hydrogen-bond donors (Lipinski definition) is 1. The third-order valence-electron chi connectivity index (χ3n) is 5.33. The van der Waals surface area contributed by atoms with Crippen molar-refractivity contribution in [2.45, 2.75) is 13.0 Å². The lowest BCUT2D eigenvalue weighted by molar-refractivity contribution is -0.132. The number of para-hydroxylation sites is 1. The van der Waals surface area contributed by atoms with Crippen LogP contribution >= 0.6 is 0 Å². The molecule has 0 saturated carbocycles. The molecule has 0 aliphatic carbocycles. The average molecular weight is 429 g/mol. The first kappa shape index (κ1) is 21.2. The number of anilines is 1. The molecule has 0 bridgehead atoms. The molecule has 32 heavy (non-hydrogen) atoms. The second-order valence-corrected chi connectivity index (χ2v) is 7.24. The zero-order valence-electron chi connectivity index (χ0n) is 17.8. The van der Waals surface area contributed by atoms with Crippen LogP contribution in [0.4, 0.5) is 5.69 Å². The van der Waals surface area contributed by atoms with Crippen LogP contribution in [0.3, 0.4) is 0 Å². The first-order chi connectivity index (χ1) is 15.5. The molecule has 1 heterocycles. The van der Waals surface area contributed by atoms with Gasteiger partial charge in [0.25, 0.3) is 11.7 Å². The molecule has 1 aliphatic heterocycles. The highest BCUT2D eigenvalue weighted by Crippen LogP contribution is 2.42. The van der Waals surface area contributed by atoms with E-state index in [2.05, 4.69) is 0 Å². The molecule has 0 spiro atoms. The van der Waals surface area contributed by atoms with Crippen molar-refractivity contribution in [3.8, 4) is 11.5 Å². The van der Waals surface area contributed by atoms with Crippen LogP contribution in [0.2, 0.25) is 0 Å². The molecular weight excluding hydrogens is 406 g/mol. The van der Waals surface area contributed by atoms with Gasteiger partial charge in [0, 0.05) is 11.3 Å². The summed E-state index contributed by atoms with van der Waals surface area (Å²) in [7, 11) is 1.55. The van der Waals surface area contributed by atoms with Crippen molar-refractivity contribution < 1.29 is 24.2 Å². The summed E-state index contributed by atoms with van der Waals surface area (Å²) in [4.78, 5) is 27.7. The second kappa shape index (κ2) is 8.98. The Morgan fingerprint density at radius 2 is 1.66 bits per heavy atom. The zero-order chi connectivity index (χ0) is 22.7. The summed E-state index contributed by atoms with van der Waals surface area (Å²) in [5.41, 5.74) is 1.66. The third-order valence-corrected chi connectivity index (χ3v) is 5.33. The number of benzene rings is 3. The predicted octanol–water partition coefficient (Wildman–Crippen LogP) is 4.72. The van der Waals surface area contributed by atoms with Crippen molar-refractivity contribution in [1.82, 2.24) is 0 Å². The number of nitrogens with zero attached hydrogens (tertiary/aromatic N) is 1. The number of aliphatic hydroxyl groups is 1. The van der Waals surface area contributed by atoms with Gasteiger partial charge in [0.05, 0.1) is 25.3 Å². The van der Waals surface area contributed by atoms with E-state index >= 15 is 0 Å². The zero-order valence-corrected chi connectivity index (χ0v) is 17.8. The van der Waals surface area contributed by atoms with Gasteiger partial charge in [0.1, 0.15) is 17.3 Å². The summed E-state index contributed by atoms with van der Waals surface area (Å²) in [6.45, 7) is 2.40. The highest BCUT2D eigenvalue weighted by atomic mass is 16.5. The normalized spacial score (nSPS) is 17.4. The Labute approximate surface area is 186 Å². The molecule has 1 fully saturated rings. The first-order valence-electron chi connectivity index (χ1n) is 10.3. The number of methoxy groups -OCH3 is 1. The highest BCUT2D eigenvalue weighted by Gasteiger charge is 2.47. The van der Waals surface area contributed by atoms with Crippen LogP contribution in [-0.2, 0) is 9.59 Å². The van der Waals surface area contributed by atoms with E-state index in [0.29, 0.717) is 34.9 Å². The van der Waals surface area contributed by atoms with Gasteiger partial charge in [-0.2, -0.15) is 0 Å². The van der Waals surface area contributed by atoms with E-state index in [4.69, 9.17) is 9.47 Å². The van der Waals surface area contributed by atoms with Crippen molar-refractivity contribution >= 4 is 23.1 Å². The third kappa shape index (κ3) is 3.83. The minimum atomic E-state index is -0.806. The van der Waals surface area contributed by atoms with E-state index in [0.717, 1.165) is 0 Å². The smallest absolute Gasteiger partial charge is 0.300 e. The number of aliphatic hydroxyl groups excluding tert-OH is 1. The van der Waals surface area contributed by atoms with E-state index in [1.807, 2.05) is 13.0 Å². The van der Waals surface area contributed by atoms with Gasteiger partial charge in [-0.1, -0.05) is 30.3 Å². The molecule has 1 unspecified atom stereocenters. The lowest BCUT2D eigenvalue weighted by atomic mass is 9.95. The van der Waals surface area contributed by atoms with Gasteiger partial charge < -0.3 is 14.6 Å². The molecule has 6 nitrogen and oxygen atoms in total. The summed E-state index contributed by atoms with van der Waals surface area (Å²) in [6, 6.07) is 22.0. The minimum absolute atomic E-state index is 0.0243. The molecule has 3 aromatic carbocycles. The van der Waals surface area contributed by atoms with Crippen LogP contribution in [0.1, 0.15) is 24.1 Å². The first-order valence-corrected chi connectivity index (χ1v) is 10.3. The molecule has 1 aliphatic rings. The lowest BCUT2D eigenvalue weighted by Gasteiger charge is -2.25. The minimum Gasteiger partial charge on any atom is -0.507 e. The van der Waals surface area contributed by atoms with Gasteiger partial charge in [0.15, 0.2) is 0 Å². The molecule has 6 heteroatoms. The molecule has 0 radical (unpaired) electrons. The van der Waals surface area contributed by atoms with Crippen LogP contribution in [0, 0.1) is 0 Å². The summed E-state index contributed by atoms with van der Waals surface area (Å²) in [5, 5.41) is 11.2. The topological polar surface area (TPSA) is 76.1 Å². The number of rotatable bonds is 6. The quantitative estimate of drug-likeness (QED) is 0.349. The van der Waals surface area contributed by atoms with E-state index < -0.39 is 17.7 Å². The van der Waals surface area contributed by atoms with Crippen LogP contribution in [0.15, 0.2) is 84.4 Å². The van der Waals surface area contributed by atoms with E-state index in [9.17, 15) is 14.7 Å². The Balaban J connectivity index is 1.89. The fourth-order valence-corrected chi connectivity index (χ4v) is 3.85. The average Bonchev–Trinajstić information content (AvgIpc) is 3.10. The number of amides is 1. The molecule has 162 valence electrons. The molecule has 1 amide bonds. The van der Waals surface area contributed by atoms with Gasteiger partial charge in [-0.05, 0) is 61.0 Å². The van der Waals surface area contributed by atoms with Crippen molar-refractivity contribution in [1.29, 1.82) is 0 Å². The monoisotopic (exact) mass is 429 g/mol. The van der Waals surface area contributed by atoms with E-state index in [-0.39, 0.29) is 11.3 Å². The summed E-state index contributed by atoms with van der Waals surface area (Å²) < 4.78 is 10.8. The Morgan fingerprint density at radius 3 is 2.31 bits per heavy atom. The van der Waals surface area contributed by atoms with Crippen molar-refractivity contribution in [3.05, 3.63) is 95.6 Å². The molecule has 1 N–H and O–H groups in total. The largest absolute Gasteiger partial charge is 0.507 e. The van der Waals surface area contributed by atoms with Gasteiger partial charge in [0.2, 0.25) is 0 Å². The Hall–Kier alpha value is -4.06. The molecule has 1 atom stereocenters. The molecular formula is C26H23NO5. The predicted molar refractivity (Wildman–Crippen MR) is 122 cm³/mol. The number of carbonyl (C=O) groups is 2. The highest BCUT2D eigenvalue weighted by molar-refractivity contribution is 6.51. The molecule has 4 rings (SSSR count). The summed E-state index contributed by atoms with van der Waals surface area (Å²) in [5.74, 6) is -0.442. The van der Waals surface area contributed by atoms with Crippen LogP contribution in [-0.4, -0.2) is 30.5 Å². The number of ketones is 1. The summed E-state index contributed by atoms with van der Waals surface area (Å²) >= 11 is 0. The van der Waals surface area contributed by atoms with Gasteiger partial charge in [-0.15, -0.1) is 0 Å². The maximum Gasteiger partial charge on any atom is 0.300 e. The number of carbonyl (C=O) groups excluding carboxylic acids is 2.